The summed E-state index contributed by atoms with van der Waals surface area (Å²) in [7, 11) is 0. The zero-order valence-electron chi connectivity index (χ0n) is 17.7. The maximum Gasteiger partial charge on any atom is 0.275 e. The molecule has 0 aliphatic carbocycles. The molecule has 0 unspecified atom stereocenters. The first-order valence-corrected chi connectivity index (χ1v) is 10.4. The van der Waals surface area contributed by atoms with Crippen LogP contribution in [0.5, 0.6) is 0 Å². The maximum absolute atomic E-state index is 12.6. The van der Waals surface area contributed by atoms with Crippen LogP contribution in [0.25, 0.3) is 11.3 Å². The summed E-state index contributed by atoms with van der Waals surface area (Å²) in [4.78, 5) is 47.1. The second-order valence-corrected chi connectivity index (χ2v) is 7.52. The van der Waals surface area contributed by atoms with Crippen molar-refractivity contribution < 1.29 is 18.9 Å². The largest absolute Gasteiger partial charge is 0.364 e. The standard InChI is InChI=1S/C23H22N6O4/c1-2-21(30)29-10-4-5-15(13-29)22(31)26-17-8-9-20(24-12-17)28-23(32)19-7-3-6-18(27-19)16-11-25-33-14-16/h2-3,6-9,11-12,14-15H,1,4-5,10,13H2,(H,26,31)(H,24,28,32)/t15-/m1/s1. The Bertz CT molecular complexity index is 1160. The molecule has 33 heavy (non-hydrogen) atoms. The van der Waals surface area contributed by atoms with Crippen molar-refractivity contribution in [2.75, 3.05) is 23.7 Å². The van der Waals surface area contributed by atoms with E-state index in [1.165, 1.54) is 24.7 Å². The molecule has 0 bridgehead atoms. The van der Waals surface area contributed by atoms with Gasteiger partial charge in [0.25, 0.3) is 5.91 Å². The Hall–Kier alpha value is -4.34. The number of carbonyl (C=O) groups is 3. The number of likely N-dealkylation sites (tertiary alicyclic amines) is 1. The Morgan fingerprint density at radius 3 is 2.76 bits per heavy atom. The average molecular weight is 446 g/mol. The second-order valence-electron chi connectivity index (χ2n) is 7.52. The van der Waals surface area contributed by atoms with Crippen molar-refractivity contribution in [1.29, 1.82) is 0 Å². The number of rotatable bonds is 6. The van der Waals surface area contributed by atoms with E-state index in [0.29, 0.717) is 42.3 Å². The minimum atomic E-state index is -0.424. The summed E-state index contributed by atoms with van der Waals surface area (Å²) in [6.45, 7) is 4.48. The third-order valence-corrected chi connectivity index (χ3v) is 5.26. The number of aromatic nitrogens is 3. The van der Waals surface area contributed by atoms with Crippen LogP contribution < -0.4 is 10.6 Å². The van der Waals surface area contributed by atoms with Crippen LogP contribution in [0.4, 0.5) is 11.5 Å². The fourth-order valence-electron chi connectivity index (χ4n) is 3.54. The molecule has 10 heteroatoms. The van der Waals surface area contributed by atoms with Crippen LogP contribution in [0.15, 0.2) is 66.2 Å². The van der Waals surface area contributed by atoms with Crippen LogP contribution in [0.3, 0.4) is 0 Å². The average Bonchev–Trinajstić information content (AvgIpc) is 3.40. The smallest absolute Gasteiger partial charge is 0.275 e. The first-order valence-electron chi connectivity index (χ1n) is 10.4. The summed E-state index contributed by atoms with van der Waals surface area (Å²) in [6, 6.07) is 8.29. The topological polar surface area (TPSA) is 130 Å². The minimum absolute atomic E-state index is 0.171. The van der Waals surface area contributed by atoms with Gasteiger partial charge in [-0.05, 0) is 43.2 Å². The summed E-state index contributed by atoms with van der Waals surface area (Å²) in [5.41, 5.74) is 1.94. The minimum Gasteiger partial charge on any atom is -0.364 e. The van der Waals surface area contributed by atoms with Crippen LogP contribution in [0.2, 0.25) is 0 Å². The summed E-state index contributed by atoms with van der Waals surface area (Å²) in [5, 5.41) is 9.14. The lowest BCUT2D eigenvalue weighted by Crippen LogP contribution is -2.43. The molecule has 1 fully saturated rings. The number of piperidine rings is 1. The van der Waals surface area contributed by atoms with Gasteiger partial charge in [-0.3, -0.25) is 14.4 Å². The Labute approximate surface area is 189 Å². The molecular formula is C23H22N6O4. The normalized spacial score (nSPS) is 15.5. The zero-order chi connectivity index (χ0) is 23.2. The van der Waals surface area contributed by atoms with Crippen molar-refractivity contribution in [2.45, 2.75) is 12.8 Å². The molecule has 1 aliphatic heterocycles. The van der Waals surface area contributed by atoms with Crippen molar-refractivity contribution in [3.05, 3.63) is 67.3 Å². The monoisotopic (exact) mass is 446 g/mol. The first-order chi connectivity index (χ1) is 16.0. The lowest BCUT2D eigenvalue weighted by molar-refractivity contribution is -0.130. The number of nitrogens with one attached hydrogen (secondary N) is 2. The molecule has 4 heterocycles. The molecule has 0 spiro atoms. The van der Waals surface area contributed by atoms with E-state index in [9.17, 15) is 14.4 Å². The van der Waals surface area contributed by atoms with E-state index < -0.39 is 5.91 Å². The number of anilines is 2. The molecular weight excluding hydrogens is 424 g/mol. The van der Waals surface area contributed by atoms with Crippen molar-refractivity contribution >= 4 is 29.2 Å². The number of nitrogens with zero attached hydrogens (tertiary/aromatic N) is 4. The molecule has 10 nitrogen and oxygen atoms in total. The second kappa shape index (κ2) is 9.86. The van der Waals surface area contributed by atoms with Gasteiger partial charge in [0.2, 0.25) is 11.8 Å². The predicted molar refractivity (Wildman–Crippen MR) is 120 cm³/mol. The van der Waals surface area contributed by atoms with Crippen LogP contribution >= 0.6 is 0 Å². The van der Waals surface area contributed by atoms with Gasteiger partial charge in [-0.25, -0.2) is 9.97 Å². The van der Waals surface area contributed by atoms with Gasteiger partial charge in [-0.2, -0.15) is 0 Å². The number of hydrogen-bond donors (Lipinski definition) is 2. The molecule has 1 atom stereocenters. The first kappa shape index (κ1) is 21.9. The van der Waals surface area contributed by atoms with Gasteiger partial charge >= 0.3 is 0 Å². The van der Waals surface area contributed by atoms with Crippen LogP contribution in [0, 0.1) is 5.92 Å². The summed E-state index contributed by atoms with van der Waals surface area (Å²) in [6.07, 6.45) is 7.14. The lowest BCUT2D eigenvalue weighted by atomic mass is 9.97. The van der Waals surface area contributed by atoms with E-state index in [1.54, 1.807) is 35.2 Å². The van der Waals surface area contributed by atoms with E-state index >= 15 is 0 Å². The molecule has 0 saturated carbocycles. The Morgan fingerprint density at radius 2 is 2.03 bits per heavy atom. The van der Waals surface area contributed by atoms with Gasteiger partial charge in [-0.1, -0.05) is 17.8 Å². The molecule has 1 saturated heterocycles. The summed E-state index contributed by atoms with van der Waals surface area (Å²) in [5.74, 6) is -0.756. The van der Waals surface area contributed by atoms with E-state index in [2.05, 4.69) is 32.3 Å². The van der Waals surface area contributed by atoms with Gasteiger partial charge in [0.05, 0.1) is 35.3 Å². The Balaban J connectivity index is 1.35. The molecule has 0 radical (unpaired) electrons. The molecule has 3 aromatic rings. The fourth-order valence-corrected chi connectivity index (χ4v) is 3.54. The quantitative estimate of drug-likeness (QED) is 0.557. The highest BCUT2D eigenvalue weighted by molar-refractivity contribution is 6.02. The van der Waals surface area contributed by atoms with Crippen LogP contribution in [-0.4, -0.2) is 50.8 Å². The Kier molecular flexibility index (Phi) is 6.53. The predicted octanol–water partition coefficient (Wildman–Crippen LogP) is 2.75. The highest BCUT2D eigenvalue weighted by Crippen LogP contribution is 2.20. The van der Waals surface area contributed by atoms with Crippen molar-refractivity contribution in [2.24, 2.45) is 5.92 Å². The van der Waals surface area contributed by atoms with E-state index in [4.69, 9.17) is 4.52 Å². The van der Waals surface area contributed by atoms with Gasteiger partial charge in [0.15, 0.2) is 0 Å². The molecule has 3 amide bonds. The van der Waals surface area contributed by atoms with Crippen molar-refractivity contribution in [1.82, 2.24) is 20.0 Å². The van der Waals surface area contributed by atoms with Gasteiger partial charge in [0, 0.05) is 13.1 Å². The summed E-state index contributed by atoms with van der Waals surface area (Å²) >= 11 is 0. The number of amides is 3. The van der Waals surface area contributed by atoms with Gasteiger partial charge in [0.1, 0.15) is 17.8 Å². The van der Waals surface area contributed by atoms with Crippen LogP contribution in [0.1, 0.15) is 23.3 Å². The molecule has 3 aromatic heterocycles. The molecule has 2 N–H and O–H groups in total. The SMILES string of the molecule is C=CC(=O)N1CCC[C@@H](C(=O)Nc2ccc(NC(=O)c3cccc(-c4cnoc4)n3)nc2)C1. The van der Waals surface area contributed by atoms with Crippen molar-refractivity contribution in [3.8, 4) is 11.3 Å². The summed E-state index contributed by atoms with van der Waals surface area (Å²) < 4.78 is 4.81. The third kappa shape index (κ3) is 5.29. The zero-order valence-corrected chi connectivity index (χ0v) is 17.7. The van der Waals surface area contributed by atoms with E-state index in [0.717, 1.165) is 6.42 Å². The third-order valence-electron chi connectivity index (χ3n) is 5.26. The number of hydrogen-bond acceptors (Lipinski definition) is 7. The molecule has 1 aliphatic rings. The Morgan fingerprint density at radius 1 is 1.15 bits per heavy atom. The molecule has 168 valence electrons. The van der Waals surface area contributed by atoms with E-state index in [-0.39, 0.29) is 23.4 Å². The van der Waals surface area contributed by atoms with E-state index in [1.807, 2.05) is 0 Å². The number of carbonyl (C=O) groups excluding carboxylic acids is 3. The highest BCUT2D eigenvalue weighted by atomic mass is 16.5. The highest BCUT2D eigenvalue weighted by Gasteiger charge is 2.27. The van der Waals surface area contributed by atoms with Gasteiger partial charge < -0.3 is 20.1 Å². The van der Waals surface area contributed by atoms with Crippen LogP contribution in [-0.2, 0) is 9.59 Å². The number of pyridine rings is 2. The van der Waals surface area contributed by atoms with Crippen molar-refractivity contribution in [3.63, 3.8) is 0 Å². The lowest BCUT2D eigenvalue weighted by Gasteiger charge is -2.31. The molecule has 4 rings (SSSR count). The molecule has 0 aromatic carbocycles. The fraction of sp³-hybridized carbons (Fsp3) is 0.217. The van der Waals surface area contributed by atoms with Gasteiger partial charge in [-0.15, -0.1) is 0 Å². The maximum atomic E-state index is 12.6.